The van der Waals surface area contributed by atoms with Gasteiger partial charge in [0.25, 0.3) is 0 Å². The average Bonchev–Trinajstić information content (AvgIpc) is 3.08. The first-order valence-electron chi connectivity index (χ1n) is 8.47. The van der Waals surface area contributed by atoms with Crippen molar-refractivity contribution in [1.29, 1.82) is 0 Å². The highest BCUT2D eigenvalue weighted by atomic mass is 32.2. The van der Waals surface area contributed by atoms with Crippen LogP contribution in [0.25, 0.3) is 0 Å². The van der Waals surface area contributed by atoms with Crippen LogP contribution in [0.4, 0.5) is 11.4 Å². The minimum atomic E-state index is -3.51. The fraction of sp³-hybridized carbons (Fsp3) is 0.588. The van der Waals surface area contributed by atoms with E-state index in [1.54, 1.807) is 17.0 Å². The van der Waals surface area contributed by atoms with Crippen LogP contribution in [0.1, 0.15) is 26.7 Å². The lowest BCUT2D eigenvalue weighted by Crippen LogP contribution is -2.41. The van der Waals surface area contributed by atoms with Gasteiger partial charge in [0, 0.05) is 31.9 Å². The number of sulfonamides is 1. The molecule has 0 bridgehead atoms. The highest BCUT2D eigenvalue weighted by Gasteiger charge is 2.25. The maximum Gasteiger partial charge on any atom is 0.243 e. The maximum atomic E-state index is 12.4. The number of rotatable bonds is 7. The Morgan fingerprint density at radius 2 is 1.54 bits per heavy atom. The van der Waals surface area contributed by atoms with Gasteiger partial charge in [-0.05, 0) is 51.0 Å². The molecule has 7 heteroatoms. The number of carbonyl (C=O) groups excluding carboxylic acids is 1. The van der Waals surface area contributed by atoms with Gasteiger partial charge in [0.2, 0.25) is 15.9 Å². The quantitative estimate of drug-likeness (QED) is 0.751. The second-order valence-electron chi connectivity index (χ2n) is 6.05. The van der Waals surface area contributed by atoms with Crippen molar-refractivity contribution < 1.29 is 13.2 Å². The van der Waals surface area contributed by atoms with Crippen LogP contribution in [0.3, 0.4) is 0 Å². The second-order valence-corrected chi connectivity index (χ2v) is 7.95. The molecule has 1 aliphatic rings. The van der Waals surface area contributed by atoms with Gasteiger partial charge in [-0.15, -0.1) is 0 Å². The summed E-state index contributed by atoms with van der Waals surface area (Å²) in [7, 11) is -3.51. The minimum absolute atomic E-state index is 0.134. The first-order chi connectivity index (χ1) is 11.4. The summed E-state index contributed by atoms with van der Waals surface area (Å²) in [5.41, 5.74) is 1.57. The van der Waals surface area contributed by atoms with Gasteiger partial charge in [0.1, 0.15) is 6.54 Å². The van der Waals surface area contributed by atoms with Crippen LogP contribution in [0.5, 0.6) is 0 Å². The monoisotopic (exact) mass is 353 g/mol. The van der Waals surface area contributed by atoms with Crippen molar-refractivity contribution in [1.82, 2.24) is 4.90 Å². The molecule has 0 saturated carbocycles. The van der Waals surface area contributed by atoms with Crippen LogP contribution >= 0.6 is 0 Å². The first-order valence-corrected chi connectivity index (χ1v) is 10.3. The molecular formula is C17H27N3O3S. The standard InChI is InChI=1S/C17H27N3O3S/c1-4-18(5-2)15-8-10-16(11-9-15)20(24(3,22)23)14-17(21)19-12-6-7-13-19/h8-11H,4-7,12-14H2,1-3H3. The first kappa shape index (κ1) is 18.6. The molecule has 0 atom stereocenters. The van der Waals surface area contributed by atoms with E-state index in [-0.39, 0.29) is 12.5 Å². The largest absolute Gasteiger partial charge is 0.372 e. The number of benzene rings is 1. The van der Waals surface area contributed by atoms with Crippen LogP contribution in [-0.2, 0) is 14.8 Å². The van der Waals surface area contributed by atoms with Gasteiger partial charge in [-0.2, -0.15) is 0 Å². The molecule has 0 aromatic heterocycles. The van der Waals surface area contributed by atoms with E-state index in [1.165, 1.54) is 4.31 Å². The number of amides is 1. The Bertz CT molecular complexity index is 648. The lowest BCUT2D eigenvalue weighted by Gasteiger charge is -2.26. The summed E-state index contributed by atoms with van der Waals surface area (Å²) in [5, 5.41) is 0. The summed E-state index contributed by atoms with van der Waals surface area (Å²) in [4.78, 5) is 16.3. The Morgan fingerprint density at radius 1 is 1.04 bits per heavy atom. The number of likely N-dealkylation sites (tertiary alicyclic amines) is 1. The van der Waals surface area contributed by atoms with Crippen molar-refractivity contribution in [2.45, 2.75) is 26.7 Å². The molecule has 134 valence electrons. The molecule has 24 heavy (non-hydrogen) atoms. The third-order valence-corrected chi connectivity index (χ3v) is 5.54. The minimum Gasteiger partial charge on any atom is -0.372 e. The normalized spacial score (nSPS) is 14.7. The third kappa shape index (κ3) is 4.41. The fourth-order valence-electron chi connectivity index (χ4n) is 3.01. The van der Waals surface area contributed by atoms with Crippen molar-refractivity contribution in [2.75, 3.05) is 48.2 Å². The Hall–Kier alpha value is -1.76. The molecule has 1 aromatic carbocycles. The van der Waals surface area contributed by atoms with E-state index in [0.717, 1.165) is 51.0 Å². The van der Waals surface area contributed by atoms with Crippen LogP contribution in [-0.4, -0.2) is 58.2 Å². The molecule has 1 aliphatic heterocycles. The Kier molecular flexibility index (Phi) is 6.10. The molecule has 0 unspecified atom stereocenters. The second kappa shape index (κ2) is 7.88. The van der Waals surface area contributed by atoms with Gasteiger partial charge >= 0.3 is 0 Å². The molecule has 0 N–H and O–H groups in total. The highest BCUT2D eigenvalue weighted by molar-refractivity contribution is 7.92. The predicted molar refractivity (Wildman–Crippen MR) is 98.0 cm³/mol. The Balaban J connectivity index is 2.20. The van der Waals surface area contributed by atoms with Crippen molar-refractivity contribution in [3.8, 4) is 0 Å². The molecule has 0 aliphatic carbocycles. The lowest BCUT2D eigenvalue weighted by molar-refractivity contribution is -0.128. The summed E-state index contributed by atoms with van der Waals surface area (Å²) in [5.74, 6) is -0.134. The molecular weight excluding hydrogens is 326 g/mol. The molecule has 1 fully saturated rings. The van der Waals surface area contributed by atoms with E-state index in [1.807, 2.05) is 12.1 Å². The third-order valence-electron chi connectivity index (χ3n) is 4.40. The zero-order valence-electron chi connectivity index (χ0n) is 14.7. The zero-order chi connectivity index (χ0) is 17.7. The molecule has 0 radical (unpaired) electrons. The van der Waals surface area contributed by atoms with Gasteiger partial charge in [-0.25, -0.2) is 8.42 Å². The van der Waals surface area contributed by atoms with E-state index in [4.69, 9.17) is 0 Å². The topological polar surface area (TPSA) is 60.9 Å². The van der Waals surface area contributed by atoms with Crippen LogP contribution in [0, 0.1) is 0 Å². The van der Waals surface area contributed by atoms with Crippen molar-refractivity contribution in [3.05, 3.63) is 24.3 Å². The molecule has 2 rings (SSSR count). The van der Waals surface area contributed by atoms with E-state index < -0.39 is 10.0 Å². The van der Waals surface area contributed by atoms with E-state index in [0.29, 0.717) is 5.69 Å². The number of carbonyl (C=O) groups is 1. The SMILES string of the molecule is CCN(CC)c1ccc(N(CC(=O)N2CCCC2)S(C)(=O)=O)cc1. The number of hydrogen-bond donors (Lipinski definition) is 0. The maximum absolute atomic E-state index is 12.4. The van der Waals surface area contributed by atoms with E-state index in [9.17, 15) is 13.2 Å². The lowest BCUT2D eigenvalue weighted by atomic mass is 10.2. The highest BCUT2D eigenvalue weighted by Crippen LogP contribution is 2.23. The summed E-state index contributed by atoms with van der Waals surface area (Å²) in [6.07, 6.45) is 3.12. The van der Waals surface area contributed by atoms with Gasteiger partial charge in [-0.3, -0.25) is 9.10 Å². The molecule has 1 amide bonds. The van der Waals surface area contributed by atoms with Gasteiger partial charge in [-0.1, -0.05) is 0 Å². The van der Waals surface area contributed by atoms with Gasteiger partial charge < -0.3 is 9.80 Å². The summed E-state index contributed by atoms with van der Waals surface area (Å²) >= 11 is 0. The van der Waals surface area contributed by atoms with Crippen LogP contribution < -0.4 is 9.21 Å². The van der Waals surface area contributed by atoms with Gasteiger partial charge in [0.05, 0.1) is 11.9 Å². The number of nitrogens with zero attached hydrogens (tertiary/aromatic N) is 3. The van der Waals surface area contributed by atoms with Crippen molar-refractivity contribution >= 4 is 27.3 Å². The predicted octanol–water partition coefficient (Wildman–Crippen LogP) is 1.92. The molecule has 1 heterocycles. The van der Waals surface area contributed by atoms with Gasteiger partial charge in [0.15, 0.2) is 0 Å². The summed E-state index contributed by atoms with van der Waals surface area (Å²) in [6, 6.07) is 7.35. The summed E-state index contributed by atoms with van der Waals surface area (Å²) in [6.45, 7) is 7.24. The molecule has 0 spiro atoms. The van der Waals surface area contributed by atoms with Crippen molar-refractivity contribution in [2.24, 2.45) is 0 Å². The molecule has 1 aromatic rings. The van der Waals surface area contributed by atoms with Crippen LogP contribution in [0.2, 0.25) is 0 Å². The van der Waals surface area contributed by atoms with Crippen molar-refractivity contribution in [3.63, 3.8) is 0 Å². The zero-order valence-corrected chi connectivity index (χ0v) is 15.6. The average molecular weight is 353 g/mol. The number of anilines is 2. The fourth-order valence-corrected chi connectivity index (χ4v) is 3.86. The Morgan fingerprint density at radius 3 is 2.00 bits per heavy atom. The Labute approximate surface area is 145 Å². The van der Waals surface area contributed by atoms with E-state index in [2.05, 4.69) is 18.7 Å². The summed E-state index contributed by atoms with van der Waals surface area (Å²) < 4.78 is 25.5. The molecule has 6 nitrogen and oxygen atoms in total. The number of hydrogen-bond acceptors (Lipinski definition) is 4. The van der Waals surface area contributed by atoms with Crippen LogP contribution in [0.15, 0.2) is 24.3 Å². The van der Waals surface area contributed by atoms with E-state index >= 15 is 0 Å². The smallest absolute Gasteiger partial charge is 0.243 e. The molecule has 1 saturated heterocycles.